The van der Waals surface area contributed by atoms with E-state index in [9.17, 15) is 9.90 Å². The highest BCUT2D eigenvalue weighted by Crippen LogP contribution is 2.17. The van der Waals surface area contributed by atoms with Gasteiger partial charge < -0.3 is 15.3 Å². The number of halogens is 1. The minimum Gasteiger partial charge on any atom is -0.396 e. The lowest BCUT2D eigenvalue weighted by molar-refractivity contribution is 0.129. The molecule has 1 atom stereocenters. The van der Waals surface area contributed by atoms with Crippen LogP contribution in [0.3, 0.4) is 0 Å². The summed E-state index contributed by atoms with van der Waals surface area (Å²) < 4.78 is 1.05. The molecule has 1 heterocycles. The molecule has 1 aromatic rings. The molecule has 2 rings (SSSR count). The summed E-state index contributed by atoms with van der Waals surface area (Å²) in [5.74, 6) is 0.226. The predicted molar refractivity (Wildman–Crippen MR) is 82.5 cm³/mol. The van der Waals surface area contributed by atoms with E-state index in [0.29, 0.717) is 13.1 Å². The number of hydrogen-bond acceptors (Lipinski definition) is 2. The number of aliphatic hydroxyl groups excluding tert-OH is 1. The van der Waals surface area contributed by atoms with E-state index in [1.54, 1.807) is 4.90 Å². The standard InChI is InChI=1S/C15H21BrN2O2/c1-11-7-14(16)5-4-13(11)8-17-15(20)18-6-2-3-12(9-18)10-19/h4-5,7,12,19H,2-3,6,8-10H2,1H3,(H,17,20). The third-order valence-corrected chi connectivity index (χ3v) is 4.29. The molecule has 1 aliphatic rings. The first-order chi connectivity index (χ1) is 9.60. The Kier molecular flexibility index (Phi) is 5.43. The van der Waals surface area contributed by atoms with Gasteiger partial charge in [0.05, 0.1) is 0 Å². The topological polar surface area (TPSA) is 52.6 Å². The zero-order valence-electron chi connectivity index (χ0n) is 11.7. The molecule has 0 bridgehead atoms. The van der Waals surface area contributed by atoms with E-state index in [4.69, 9.17) is 0 Å². The van der Waals surface area contributed by atoms with Gasteiger partial charge in [-0.2, -0.15) is 0 Å². The number of urea groups is 1. The van der Waals surface area contributed by atoms with Crippen molar-refractivity contribution >= 4 is 22.0 Å². The quantitative estimate of drug-likeness (QED) is 0.888. The Morgan fingerprint density at radius 2 is 2.35 bits per heavy atom. The van der Waals surface area contributed by atoms with Crippen LogP contribution in [0.5, 0.6) is 0 Å². The minimum absolute atomic E-state index is 0.0366. The second-order valence-corrected chi connectivity index (χ2v) is 6.28. The number of aliphatic hydroxyl groups is 1. The Hall–Kier alpha value is -1.07. The summed E-state index contributed by atoms with van der Waals surface area (Å²) in [5, 5.41) is 12.2. The molecule has 1 fully saturated rings. The molecule has 0 radical (unpaired) electrons. The van der Waals surface area contributed by atoms with Crippen molar-refractivity contribution < 1.29 is 9.90 Å². The van der Waals surface area contributed by atoms with Gasteiger partial charge in [-0.15, -0.1) is 0 Å². The van der Waals surface area contributed by atoms with Crippen LogP contribution in [0.2, 0.25) is 0 Å². The first-order valence-corrected chi connectivity index (χ1v) is 7.78. The van der Waals surface area contributed by atoms with Crippen molar-refractivity contribution in [2.24, 2.45) is 5.92 Å². The van der Waals surface area contributed by atoms with E-state index in [1.165, 1.54) is 0 Å². The number of carbonyl (C=O) groups excluding carboxylic acids is 1. The summed E-state index contributed by atoms with van der Waals surface area (Å²) in [7, 11) is 0. The van der Waals surface area contributed by atoms with Crippen LogP contribution >= 0.6 is 15.9 Å². The average molecular weight is 341 g/mol. The Labute approximate surface area is 128 Å². The van der Waals surface area contributed by atoms with Crippen molar-refractivity contribution in [1.29, 1.82) is 0 Å². The van der Waals surface area contributed by atoms with Gasteiger partial charge in [0.2, 0.25) is 0 Å². The molecule has 0 saturated carbocycles. The van der Waals surface area contributed by atoms with Crippen LogP contribution in [0.4, 0.5) is 4.79 Å². The Morgan fingerprint density at radius 1 is 1.55 bits per heavy atom. The lowest BCUT2D eigenvalue weighted by Crippen LogP contribution is -2.46. The van der Waals surface area contributed by atoms with Crippen molar-refractivity contribution in [2.45, 2.75) is 26.3 Å². The molecule has 1 aromatic carbocycles. The third kappa shape index (κ3) is 3.96. The highest BCUT2D eigenvalue weighted by atomic mass is 79.9. The summed E-state index contributed by atoms with van der Waals surface area (Å²) >= 11 is 3.43. The number of piperidine rings is 1. The molecule has 0 aliphatic carbocycles. The third-order valence-electron chi connectivity index (χ3n) is 3.80. The summed E-state index contributed by atoms with van der Waals surface area (Å²) in [5.41, 5.74) is 2.28. The molecule has 2 N–H and O–H groups in total. The van der Waals surface area contributed by atoms with Crippen LogP contribution in [0.25, 0.3) is 0 Å². The van der Waals surface area contributed by atoms with Crippen molar-refractivity contribution in [1.82, 2.24) is 10.2 Å². The highest BCUT2D eigenvalue weighted by Gasteiger charge is 2.22. The molecule has 1 aliphatic heterocycles. The average Bonchev–Trinajstić information content (AvgIpc) is 2.46. The van der Waals surface area contributed by atoms with Gasteiger partial charge in [-0.05, 0) is 48.9 Å². The fraction of sp³-hybridized carbons (Fsp3) is 0.533. The smallest absolute Gasteiger partial charge is 0.317 e. The van der Waals surface area contributed by atoms with Crippen LogP contribution < -0.4 is 5.32 Å². The number of aryl methyl sites for hydroxylation is 1. The number of rotatable bonds is 3. The van der Waals surface area contributed by atoms with Crippen LogP contribution in [0.15, 0.2) is 22.7 Å². The maximum atomic E-state index is 12.1. The second-order valence-electron chi connectivity index (χ2n) is 5.37. The van der Waals surface area contributed by atoms with Crippen molar-refractivity contribution in [2.75, 3.05) is 19.7 Å². The minimum atomic E-state index is -0.0366. The van der Waals surface area contributed by atoms with Gasteiger partial charge >= 0.3 is 6.03 Å². The molecule has 0 aromatic heterocycles. The van der Waals surface area contributed by atoms with E-state index in [0.717, 1.165) is 35.0 Å². The van der Waals surface area contributed by atoms with E-state index in [1.807, 2.05) is 25.1 Å². The molecule has 110 valence electrons. The number of amides is 2. The lowest BCUT2D eigenvalue weighted by atomic mass is 9.99. The Morgan fingerprint density at radius 3 is 3.05 bits per heavy atom. The van der Waals surface area contributed by atoms with Crippen molar-refractivity contribution in [3.8, 4) is 0 Å². The number of hydrogen-bond donors (Lipinski definition) is 2. The van der Waals surface area contributed by atoms with Gasteiger partial charge in [-0.25, -0.2) is 4.79 Å². The van der Waals surface area contributed by atoms with Crippen LogP contribution in [-0.4, -0.2) is 35.7 Å². The molecule has 1 unspecified atom stereocenters. The van der Waals surface area contributed by atoms with Crippen LogP contribution in [0.1, 0.15) is 24.0 Å². The first kappa shape index (κ1) is 15.3. The zero-order chi connectivity index (χ0) is 14.5. The molecule has 2 amide bonds. The molecule has 4 nitrogen and oxygen atoms in total. The molecular weight excluding hydrogens is 320 g/mol. The maximum absolute atomic E-state index is 12.1. The number of benzene rings is 1. The SMILES string of the molecule is Cc1cc(Br)ccc1CNC(=O)N1CCCC(CO)C1. The van der Waals surface area contributed by atoms with Crippen LogP contribution in [0, 0.1) is 12.8 Å². The van der Waals surface area contributed by atoms with Crippen LogP contribution in [-0.2, 0) is 6.54 Å². The van der Waals surface area contributed by atoms with Gasteiger partial charge in [0, 0.05) is 30.7 Å². The van der Waals surface area contributed by atoms with E-state index < -0.39 is 0 Å². The largest absolute Gasteiger partial charge is 0.396 e. The summed E-state index contributed by atoms with van der Waals surface area (Å²) in [6, 6.07) is 6.01. The summed E-state index contributed by atoms with van der Waals surface area (Å²) in [4.78, 5) is 13.9. The molecular formula is C15H21BrN2O2. The van der Waals surface area contributed by atoms with E-state index >= 15 is 0 Å². The fourth-order valence-electron chi connectivity index (χ4n) is 2.54. The Bertz CT molecular complexity index is 479. The predicted octanol–water partition coefficient (Wildman–Crippen LogP) is 2.67. The lowest BCUT2D eigenvalue weighted by Gasteiger charge is -2.31. The summed E-state index contributed by atoms with van der Waals surface area (Å²) in [6.07, 6.45) is 1.97. The molecule has 20 heavy (non-hydrogen) atoms. The van der Waals surface area contributed by atoms with E-state index in [-0.39, 0.29) is 18.6 Å². The Balaban J connectivity index is 1.88. The van der Waals surface area contributed by atoms with Gasteiger partial charge in [0.15, 0.2) is 0 Å². The number of nitrogens with zero attached hydrogens (tertiary/aromatic N) is 1. The monoisotopic (exact) mass is 340 g/mol. The normalized spacial score (nSPS) is 18.9. The summed E-state index contributed by atoms with van der Waals surface area (Å²) in [6.45, 7) is 4.17. The van der Waals surface area contributed by atoms with E-state index in [2.05, 4.69) is 21.2 Å². The first-order valence-electron chi connectivity index (χ1n) is 6.99. The number of likely N-dealkylation sites (tertiary alicyclic amines) is 1. The van der Waals surface area contributed by atoms with Gasteiger partial charge in [0.25, 0.3) is 0 Å². The maximum Gasteiger partial charge on any atom is 0.317 e. The van der Waals surface area contributed by atoms with Gasteiger partial charge in [-0.3, -0.25) is 0 Å². The molecule has 0 spiro atoms. The number of carbonyl (C=O) groups is 1. The molecule has 1 saturated heterocycles. The van der Waals surface area contributed by atoms with Gasteiger partial charge in [0.1, 0.15) is 0 Å². The fourth-order valence-corrected chi connectivity index (χ4v) is 3.01. The number of nitrogens with one attached hydrogen (secondary N) is 1. The zero-order valence-corrected chi connectivity index (χ0v) is 13.3. The van der Waals surface area contributed by atoms with Gasteiger partial charge in [-0.1, -0.05) is 22.0 Å². The highest BCUT2D eigenvalue weighted by molar-refractivity contribution is 9.10. The van der Waals surface area contributed by atoms with Crippen molar-refractivity contribution in [3.05, 3.63) is 33.8 Å². The van der Waals surface area contributed by atoms with Crippen molar-refractivity contribution in [3.63, 3.8) is 0 Å². The second kappa shape index (κ2) is 7.09. The molecule has 5 heteroatoms.